The third-order valence-electron chi connectivity index (χ3n) is 5.37. The number of hydrogen-bond donors (Lipinski definition) is 2. The maximum absolute atomic E-state index is 12.6. The van der Waals surface area contributed by atoms with Gasteiger partial charge in [0.05, 0.1) is 11.0 Å². The first-order valence-electron chi connectivity index (χ1n) is 9.89. The van der Waals surface area contributed by atoms with Crippen LogP contribution < -0.4 is 16.4 Å². The molecule has 0 aliphatic carbocycles. The Labute approximate surface area is 168 Å². The molecule has 1 aliphatic rings. The average molecular weight is 392 g/mol. The second kappa shape index (κ2) is 8.45. The summed E-state index contributed by atoms with van der Waals surface area (Å²) in [5.74, 6) is -0.307. The Bertz CT molecular complexity index is 1140. The third kappa shape index (κ3) is 4.30. The van der Waals surface area contributed by atoms with Crippen LogP contribution in [-0.4, -0.2) is 33.4 Å². The van der Waals surface area contributed by atoms with Crippen LogP contribution in [0.1, 0.15) is 24.0 Å². The molecule has 2 N–H and O–H groups in total. The van der Waals surface area contributed by atoms with Gasteiger partial charge in [0.1, 0.15) is 6.54 Å². The molecule has 0 radical (unpaired) electrons. The average Bonchev–Trinajstić information content (AvgIpc) is 3.24. The van der Waals surface area contributed by atoms with Crippen molar-refractivity contribution in [3.63, 3.8) is 0 Å². The summed E-state index contributed by atoms with van der Waals surface area (Å²) in [6.45, 7) is 3.29. The van der Waals surface area contributed by atoms with Crippen LogP contribution in [0.15, 0.2) is 58.1 Å². The Balaban J connectivity index is 1.48. The minimum Gasteiger partial charge on any atom is -0.350 e. The predicted octanol–water partition coefficient (Wildman–Crippen LogP) is 1.60. The first-order valence-corrected chi connectivity index (χ1v) is 9.89. The van der Waals surface area contributed by atoms with Gasteiger partial charge in [0.15, 0.2) is 0 Å². The summed E-state index contributed by atoms with van der Waals surface area (Å²) in [6, 6.07) is 15.0. The highest BCUT2D eigenvalue weighted by Gasteiger charge is 2.15. The number of benzene rings is 2. The number of carbonyl (C=O) groups excluding carboxylic acids is 1. The molecule has 4 rings (SSSR count). The lowest BCUT2D eigenvalue weighted by atomic mass is 10.1. The number of para-hydroxylation sites is 2. The van der Waals surface area contributed by atoms with Gasteiger partial charge < -0.3 is 10.3 Å². The zero-order chi connectivity index (χ0) is 20.2. The molecular weight excluding hydrogens is 368 g/mol. The number of fused-ring (bicyclic) bond motifs is 1. The molecule has 0 atom stereocenters. The van der Waals surface area contributed by atoms with Gasteiger partial charge in [-0.1, -0.05) is 36.4 Å². The Hall–Kier alpha value is -3.19. The van der Waals surface area contributed by atoms with Gasteiger partial charge in [-0.3, -0.25) is 23.9 Å². The van der Waals surface area contributed by atoms with E-state index in [1.807, 2.05) is 18.2 Å². The van der Waals surface area contributed by atoms with E-state index in [0.717, 1.165) is 25.2 Å². The summed E-state index contributed by atoms with van der Waals surface area (Å²) in [5.41, 5.74) is 1.87. The molecule has 1 aromatic heterocycles. The molecule has 150 valence electrons. The number of amides is 1. The van der Waals surface area contributed by atoms with Crippen molar-refractivity contribution in [2.45, 2.75) is 32.5 Å². The van der Waals surface area contributed by atoms with E-state index in [-0.39, 0.29) is 12.5 Å². The highest BCUT2D eigenvalue weighted by atomic mass is 16.2. The van der Waals surface area contributed by atoms with Crippen molar-refractivity contribution in [1.29, 1.82) is 0 Å². The summed E-state index contributed by atoms with van der Waals surface area (Å²) in [5, 5.41) is 2.89. The van der Waals surface area contributed by atoms with Gasteiger partial charge in [0.25, 0.3) is 0 Å². The molecule has 3 aromatic rings. The van der Waals surface area contributed by atoms with Crippen LogP contribution in [0.3, 0.4) is 0 Å². The topological polar surface area (TPSA) is 87.2 Å². The van der Waals surface area contributed by atoms with Crippen LogP contribution in [0.2, 0.25) is 0 Å². The summed E-state index contributed by atoms with van der Waals surface area (Å²) >= 11 is 0. The van der Waals surface area contributed by atoms with Gasteiger partial charge in [0.2, 0.25) is 5.91 Å². The lowest BCUT2D eigenvalue weighted by Gasteiger charge is -2.18. The second-order valence-electron chi connectivity index (χ2n) is 7.39. The van der Waals surface area contributed by atoms with Gasteiger partial charge >= 0.3 is 11.1 Å². The number of nitrogens with zero attached hydrogens (tertiary/aromatic N) is 2. The monoisotopic (exact) mass is 392 g/mol. The quantitative estimate of drug-likeness (QED) is 0.624. The lowest BCUT2D eigenvalue weighted by molar-refractivity contribution is -0.121. The van der Waals surface area contributed by atoms with E-state index in [0.29, 0.717) is 17.6 Å². The molecule has 1 saturated heterocycles. The van der Waals surface area contributed by atoms with Crippen LogP contribution in [0.25, 0.3) is 11.0 Å². The van der Waals surface area contributed by atoms with Crippen molar-refractivity contribution in [1.82, 2.24) is 19.8 Å². The summed E-state index contributed by atoms with van der Waals surface area (Å²) in [6.07, 6.45) is 2.47. The molecular formula is C22H24N4O3. The van der Waals surface area contributed by atoms with E-state index in [2.05, 4.69) is 21.3 Å². The lowest BCUT2D eigenvalue weighted by Crippen LogP contribution is -2.40. The van der Waals surface area contributed by atoms with E-state index in [4.69, 9.17) is 0 Å². The van der Waals surface area contributed by atoms with Crippen LogP contribution in [0.5, 0.6) is 0 Å². The number of aromatic amines is 1. The number of rotatable bonds is 6. The maximum atomic E-state index is 12.6. The largest absolute Gasteiger partial charge is 0.350 e. The molecule has 0 bridgehead atoms. The van der Waals surface area contributed by atoms with E-state index >= 15 is 0 Å². The first kappa shape index (κ1) is 19.1. The zero-order valence-corrected chi connectivity index (χ0v) is 16.2. The predicted molar refractivity (Wildman–Crippen MR) is 112 cm³/mol. The molecule has 1 fully saturated rings. The summed E-state index contributed by atoms with van der Waals surface area (Å²) in [7, 11) is 0. The third-order valence-corrected chi connectivity index (χ3v) is 5.37. The maximum Gasteiger partial charge on any atom is 0.317 e. The number of hydrogen-bond acceptors (Lipinski definition) is 4. The highest BCUT2D eigenvalue weighted by molar-refractivity contribution is 5.79. The number of carbonyl (C=O) groups is 1. The van der Waals surface area contributed by atoms with Crippen LogP contribution in [0, 0.1) is 0 Å². The van der Waals surface area contributed by atoms with Crippen molar-refractivity contribution in [2.24, 2.45) is 0 Å². The molecule has 0 saturated carbocycles. The number of likely N-dealkylation sites (tertiary alicyclic amines) is 1. The molecule has 2 aromatic carbocycles. The fraction of sp³-hybridized carbons (Fsp3) is 0.318. The SMILES string of the molecule is O=C(Cn1c(=O)c(=O)[nH]c2ccccc21)NCc1ccccc1CN1CCCC1. The molecule has 0 spiro atoms. The minimum absolute atomic E-state index is 0.197. The van der Waals surface area contributed by atoms with E-state index < -0.39 is 11.1 Å². The van der Waals surface area contributed by atoms with Gasteiger partial charge in [-0.25, -0.2) is 0 Å². The van der Waals surface area contributed by atoms with Crippen molar-refractivity contribution in [2.75, 3.05) is 13.1 Å². The minimum atomic E-state index is -0.729. The number of H-pyrrole nitrogens is 1. The highest BCUT2D eigenvalue weighted by Crippen LogP contribution is 2.16. The Kier molecular flexibility index (Phi) is 5.57. The number of aromatic nitrogens is 2. The molecule has 2 heterocycles. The van der Waals surface area contributed by atoms with Gasteiger partial charge in [0, 0.05) is 13.1 Å². The zero-order valence-electron chi connectivity index (χ0n) is 16.2. The molecule has 1 amide bonds. The molecule has 1 aliphatic heterocycles. The standard InChI is InChI=1S/C22H24N4O3/c27-20(15-26-19-10-4-3-9-18(19)24-21(28)22(26)29)23-13-16-7-1-2-8-17(16)14-25-11-5-6-12-25/h1-4,7-10H,5-6,11-15H2,(H,23,27)(H,24,28). The Morgan fingerprint density at radius 1 is 0.966 bits per heavy atom. The van der Waals surface area contributed by atoms with E-state index in [1.54, 1.807) is 24.3 Å². The fourth-order valence-corrected chi connectivity index (χ4v) is 3.84. The van der Waals surface area contributed by atoms with Crippen molar-refractivity contribution < 1.29 is 4.79 Å². The van der Waals surface area contributed by atoms with Gasteiger partial charge in [-0.05, 0) is 49.2 Å². The van der Waals surface area contributed by atoms with E-state index in [1.165, 1.54) is 23.0 Å². The second-order valence-corrected chi connectivity index (χ2v) is 7.39. The summed E-state index contributed by atoms with van der Waals surface area (Å²) < 4.78 is 1.22. The van der Waals surface area contributed by atoms with Crippen molar-refractivity contribution in [3.8, 4) is 0 Å². The molecule has 0 unspecified atom stereocenters. The Morgan fingerprint density at radius 2 is 1.66 bits per heavy atom. The van der Waals surface area contributed by atoms with Crippen LogP contribution >= 0.6 is 0 Å². The molecule has 7 heteroatoms. The fourth-order valence-electron chi connectivity index (χ4n) is 3.84. The molecule has 29 heavy (non-hydrogen) atoms. The van der Waals surface area contributed by atoms with E-state index in [9.17, 15) is 14.4 Å². The normalized spacial score (nSPS) is 14.3. The van der Waals surface area contributed by atoms with Gasteiger partial charge in [-0.15, -0.1) is 0 Å². The van der Waals surface area contributed by atoms with Crippen LogP contribution in [-0.2, 0) is 24.4 Å². The number of nitrogens with one attached hydrogen (secondary N) is 2. The molecule has 7 nitrogen and oxygen atoms in total. The summed E-state index contributed by atoms with van der Waals surface area (Å²) in [4.78, 5) is 41.7. The van der Waals surface area contributed by atoms with Crippen molar-refractivity contribution >= 4 is 16.9 Å². The first-order chi connectivity index (χ1) is 14.1. The van der Waals surface area contributed by atoms with Crippen LogP contribution in [0.4, 0.5) is 0 Å². The van der Waals surface area contributed by atoms with Crippen molar-refractivity contribution in [3.05, 3.63) is 80.4 Å². The smallest absolute Gasteiger partial charge is 0.317 e. The Morgan fingerprint density at radius 3 is 2.45 bits per heavy atom. The van der Waals surface area contributed by atoms with Gasteiger partial charge in [-0.2, -0.15) is 0 Å².